The molecule has 0 bridgehead atoms. The minimum Gasteiger partial charge on any atom is -0.326 e. The summed E-state index contributed by atoms with van der Waals surface area (Å²) in [6, 6.07) is 10.2. The quantitative estimate of drug-likeness (QED) is 0.722. The van der Waals surface area contributed by atoms with Gasteiger partial charge in [-0.1, -0.05) is 13.0 Å². The van der Waals surface area contributed by atoms with E-state index in [4.69, 9.17) is 0 Å². The summed E-state index contributed by atoms with van der Waals surface area (Å²) < 4.78 is 25.4. The monoisotopic (exact) mass is 432 g/mol. The van der Waals surface area contributed by atoms with Gasteiger partial charge in [-0.05, 0) is 61.7 Å². The van der Waals surface area contributed by atoms with Crippen molar-refractivity contribution >= 4 is 44.8 Å². The molecule has 2 aromatic rings. The third kappa shape index (κ3) is 5.00. The number of hydrogen-bond donors (Lipinski definition) is 2. The number of sulfone groups is 1. The molecule has 154 valence electrons. The average Bonchev–Trinajstić information content (AvgIpc) is 2.68. The number of anilines is 2. The van der Waals surface area contributed by atoms with E-state index in [-0.39, 0.29) is 34.1 Å². The summed E-state index contributed by atoms with van der Waals surface area (Å²) in [6.45, 7) is 5.85. The summed E-state index contributed by atoms with van der Waals surface area (Å²) in [4.78, 5) is 25.0. The molecule has 6 nitrogen and oxygen atoms in total. The van der Waals surface area contributed by atoms with Gasteiger partial charge in [0.05, 0.1) is 21.6 Å². The first-order chi connectivity index (χ1) is 13.7. The van der Waals surface area contributed by atoms with Crippen LogP contribution in [0, 0.1) is 13.8 Å². The highest BCUT2D eigenvalue weighted by molar-refractivity contribution is 8.01. The standard InChI is InChI=1S/C21H24N2O4S2/c1-4-18-21(25)23-17-8-7-16(12-19(17)28-18)29(26,27)10-9-20(24)22-15-6-5-13(2)14(3)11-15/h5-8,11-12,18H,4,9-10H2,1-3H3,(H,22,24)(H,23,25). The molecule has 0 fully saturated rings. The highest BCUT2D eigenvalue weighted by Gasteiger charge is 2.27. The van der Waals surface area contributed by atoms with Crippen molar-refractivity contribution < 1.29 is 18.0 Å². The summed E-state index contributed by atoms with van der Waals surface area (Å²) in [6.07, 6.45) is 0.527. The van der Waals surface area contributed by atoms with Gasteiger partial charge in [0.2, 0.25) is 11.8 Å². The van der Waals surface area contributed by atoms with E-state index in [1.165, 1.54) is 17.8 Å². The number of hydrogen-bond acceptors (Lipinski definition) is 5. The van der Waals surface area contributed by atoms with E-state index >= 15 is 0 Å². The van der Waals surface area contributed by atoms with Gasteiger partial charge in [0, 0.05) is 17.0 Å². The van der Waals surface area contributed by atoms with Gasteiger partial charge in [-0.25, -0.2) is 8.42 Å². The molecule has 0 saturated heterocycles. The Morgan fingerprint density at radius 1 is 1.14 bits per heavy atom. The SMILES string of the molecule is CCC1Sc2cc(S(=O)(=O)CCC(=O)Nc3ccc(C)c(C)c3)ccc2NC1=O. The Hall–Kier alpha value is -2.32. The number of carbonyl (C=O) groups is 2. The van der Waals surface area contributed by atoms with E-state index in [0.29, 0.717) is 17.8 Å². The van der Waals surface area contributed by atoms with Crippen LogP contribution < -0.4 is 10.6 Å². The zero-order valence-corrected chi connectivity index (χ0v) is 18.2. The molecule has 29 heavy (non-hydrogen) atoms. The zero-order chi connectivity index (χ0) is 21.2. The van der Waals surface area contributed by atoms with Crippen LogP contribution >= 0.6 is 11.8 Å². The summed E-state index contributed by atoms with van der Waals surface area (Å²) in [7, 11) is -3.62. The largest absolute Gasteiger partial charge is 0.326 e. The van der Waals surface area contributed by atoms with Crippen molar-refractivity contribution in [3.63, 3.8) is 0 Å². The molecule has 0 radical (unpaired) electrons. The molecule has 1 heterocycles. The van der Waals surface area contributed by atoms with Crippen molar-refractivity contribution in [3.8, 4) is 0 Å². The maximum Gasteiger partial charge on any atom is 0.237 e. The Bertz CT molecular complexity index is 1060. The van der Waals surface area contributed by atoms with Crippen LogP contribution in [0.1, 0.15) is 30.9 Å². The molecule has 0 spiro atoms. The number of benzene rings is 2. The lowest BCUT2D eigenvalue weighted by atomic mass is 10.1. The molecule has 1 atom stereocenters. The molecule has 2 amide bonds. The average molecular weight is 433 g/mol. The number of aryl methyl sites for hydroxylation is 2. The first-order valence-electron chi connectivity index (χ1n) is 9.41. The van der Waals surface area contributed by atoms with Gasteiger partial charge in [-0.2, -0.15) is 0 Å². The molecule has 3 rings (SSSR count). The molecule has 0 saturated carbocycles. The van der Waals surface area contributed by atoms with Gasteiger partial charge in [-0.3, -0.25) is 9.59 Å². The van der Waals surface area contributed by atoms with Gasteiger partial charge in [0.25, 0.3) is 0 Å². The molecule has 0 aliphatic carbocycles. The van der Waals surface area contributed by atoms with Gasteiger partial charge in [0.15, 0.2) is 9.84 Å². The van der Waals surface area contributed by atoms with Crippen molar-refractivity contribution in [2.24, 2.45) is 0 Å². The van der Waals surface area contributed by atoms with Crippen LogP contribution in [-0.4, -0.2) is 31.2 Å². The predicted molar refractivity (Wildman–Crippen MR) is 116 cm³/mol. The normalized spacial score (nSPS) is 16.1. The number of amides is 2. The van der Waals surface area contributed by atoms with Crippen LogP contribution in [0.4, 0.5) is 11.4 Å². The third-order valence-corrected chi connectivity index (χ3v) is 8.03. The molecule has 1 aliphatic rings. The first kappa shape index (κ1) is 21.4. The summed E-state index contributed by atoms with van der Waals surface area (Å²) in [5.74, 6) is -0.692. The molecule has 2 N–H and O–H groups in total. The lowest BCUT2D eigenvalue weighted by Gasteiger charge is -2.23. The molecule has 2 aromatic carbocycles. The van der Waals surface area contributed by atoms with Crippen molar-refractivity contribution in [2.75, 3.05) is 16.4 Å². The summed E-state index contributed by atoms with van der Waals surface area (Å²) in [5, 5.41) is 5.32. The van der Waals surface area contributed by atoms with Crippen LogP contribution in [0.25, 0.3) is 0 Å². The number of thioether (sulfide) groups is 1. The molecule has 1 unspecified atom stereocenters. The maximum absolute atomic E-state index is 12.7. The van der Waals surface area contributed by atoms with Gasteiger partial charge in [0.1, 0.15) is 0 Å². The van der Waals surface area contributed by atoms with Crippen LogP contribution in [0.15, 0.2) is 46.2 Å². The lowest BCUT2D eigenvalue weighted by Crippen LogP contribution is -2.28. The van der Waals surface area contributed by atoms with Crippen LogP contribution in [-0.2, 0) is 19.4 Å². The minimum atomic E-state index is -3.62. The number of carbonyl (C=O) groups excluding carboxylic acids is 2. The van der Waals surface area contributed by atoms with Crippen molar-refractivity contribution in [3.05, 3.63) is 47.5 Å². The van der Waals surface area contributed by atoms with E-state index in [2.05, 4.69) is 10.6 Å². The van der Waals surface area contributed by atoms with Crippen molar-refractivity contribution in [1.82, 2.24) is 0 Å². The molecular weight excluding hydrogens is 408 g/mol. The Labute approximate surface area is 175 Å². The third-order valence-electron chi connectivity index (χ3n) is 4.89. The second kappa shape index (κ2) is 8.59. The molecule has 0 aromatic heterocycles. The Kier molecular flexibility index (Phi) is 6.33. The smallest absolute Gasteiger partial charge is 0.237 e. The number of fused-ring (bicyclic) bond motifs is 1. The Morgan fingerprint density at radius 2 is 1.90 bits per heavy atom. The zero-order valence-electron chi connectivity index (χ0n) is 16.6. The second-order valence-corrected chi connectivity index (χ2v) is 10.4. The topological polar surface area (TPSA) is 92.3 Å². The minimum absolute atomic E-state index is 0.0661. The first-order valence-corrected chi connectivity index (χ1v) is 11.9. The van der Waals surface area contributed by atoms with Gasteiger partial charge < -0.3 is 10.6 Å². The van der Waals surface area contributed by atoms with E-state index in [1.807, 2.05) is 32.9 Å². The molecule has 1 aliphatic heterocycles. The maximum atomic E-state index is 12.7. The van der Waals surface area contributed by atoms with Gasteiger partial charge >= 0.3 is 0 Å². The lowest BCUT2D eigenvalue weighted by molar-refractivity contribution is -0.116. The second-order valence-electron chi connectivity index (χ2n) is 7.08. The fourth-order valence-electron chi connectivity index (χ4n) is 2.97. The van der Waals surface area contributed by atoms with Gasteiger partial charge in [-0.15, -0.1) is 11.8 Å². The highest BCUT2D eigenvalue weighted by atomic mass is 32.2. The highest BCUT2D eigenvalue weighted by Crippen LogP contribution is 2.38. The van der Waals surface area contributed by atoms with Crippen molar-refractivity contribution in [2.45, 2.75) is 48.7 Å². The fourth-order valence-corrected chi connectivity index (χ4v) is 5.39. The molecular formula is C21H24N2O4S2. The van der Waals surface area contributed by atoms with E-state index < -0.39 is 9.84 Å². The van der Waals surface area contributed by atoms with E-state index in [1.54, 1.807) is 18.2 Å². The van der Waals surface area contributed by atoms with E-state index in [0.717, 1.165) is 16.0 Å². The number of rotatable bonds is 6. The number of nitrogens with one attached hydrogen (secondary N) is 2. The Balaban J connectivity index is 1.67. The van der Waals surface area contributed by atoms with E-state index in [9.17, 15) is 18.0 Å². The summed E-state index contributed by atoms with van der Waals surface area (Å²) in [5.41, 5.74) is 3.45. The van der Waals surface area contributed by atoms with Crippen LogP contribution in [0.3, 0.4) is 0 Å². The fraction of sp³-hybridized carbons (Fsp3) is 0.333. The Morgan fingerprint density at radius 3 is 2.59 bits per heavy atom. The summed E-state index contributed by atoms with van der Waals surface area (Å²) >= 11 is 1.37. The predicted octanol–water partition coefficient (Wildman–Crippen LogP) is 3.93. The van der Waals surface area contributed by atoms with Crippen molar-refractivity contribution in [1.29, 1.82) is 0 Å². The van der Waals surface area contributed by atoms with Crippen LogP contribution in [0.5, 0.6) is 0 Å². The van der Waals surface area contributed by atoms with Crippen LogP contribution in [0.2, 0.25) is 0 Å². The molecule has 8 heteroatoms.